The number of rotatable bonds is 5. The number of nitrogens with zero attached hydrogens (tertiary/aromatic N) is 1. The van der Waals surface area contributed by atoms with Gasteiger partial charge in [0.25, 0.3) is 5.91 Å². The zero-order chi connectivity index (χ0) is 13.0. The number of furan rings is 1. The summed E-state index contributed by atoms with van der Waals surface area (Å²) in [5.74, 6) is -0.138. The lowest BCUT2D eigenvalue weighted by Gasteiger charge is -2.27. The lowest BCUT2D eigenvalue weighted by Crippen LogP contribution is -2.42. The fourth-order valence-electron chi connectivity index (χ4n) is 2.01. The second kappa shape index (κ2) is 6.22. The Labute approximate surface area is 111 Å². The molecule has 0 aromatic carbocycles. The molecule has 0 bridgehead atoms. The average Bonchev–Trinajstić information content (AvgIpc) is 3.00. The first-order chi connectivity index (χ1) is 8.74. The third kappa shape index (κ3) is 2.85. The summed E-state index contributed by atoms with van der Waals surface area (Å²) in [5.41, 5.74) is 0.389. The summed E-state index contributed by atoms with van der Waals surface area (Å²) in [4.78, 5) is 14.1. The van der Waals surface area contributed by atoms with Gasteiger partial charge in [0.15, 0.2) is 0 Å². The average molecular weight is 274 g/mol. The molecule has 1 aromatic heterocycles. The lowest BCUT2D eigenvalue weighted by atomic mass is 10.2. The Morgan fingerprint density at radius 1 is 1.67 bits per heavy atom. The molecule has 2 heterocycles. The molecule has 1 amide bonds. The predicted octanol–water partition coefficient (Wildman–Crippen LogP) is 1.81. The van der Waals surface area contributed by atoms with Gasteiger partial charge in [-0.1, -0.05) is 0 Å². The second-order valence-corrected chi connectivity index (χ2v) is 4.46. The number of amides is 1. The molecule has 0 N–H and O–H groups in total. The molecule has 5 nitrogen and oxygen atoms in total. The van der Waals surface area contributed by atoms with Crippen LogP contribution in [0, 0.1) is 0 Å². The molecule has 6 heteroatoms. The molecular weight excluding hydrogens is 258 g/mol. The molecule has 100 valence electrons. The predicted molar refractivity (Wildman–Crippen MR) is 65.9 cm³/mol. The molecule has 18 heavy (non-hydrogen) atoms. The summed E-state index contributed by atoms with van der Waals surface area (Å²) in [6.45, 7) is 2.24. The second-order valence-electron chi connectivity index (χ2n) is 4.12. The van der Waals surface area contributed by atoms with Crippen LogP contribution in [0.4, 0.5) is 0 Å². The third-order valence-electron chi connectivity index (χ3n) is 2.99. The van der Waals surface area contributed by atoms with Gasteiger partial charge in [-0.2, -0.15) is 0 Å². The first-order valence-electron chi connectivity index (χ1n) is 5.84. The minimum atomic E-state index is -0.138. The summed E-state index contributed by atoms with van der Waals surface area (Å²) in [6.07, 6.45) is 2.25. The van der Waals surface area contributed by atoms with Gasteiger partial charge in [0.2, 0.25) is 5.22 Å². The monoisotopic (exact) mass is 273 g/mol. The molecule has 2 rings (SSSR count). The van der Waals surface area contributed by atoms with Gasteiger partial charge in [-0.25, -0.2) is 0 Å². The standard InChI is InChI=1S/C12H16ClNO4/c1-16-7-4-14(9-2-5-17-8-9)12(15)10-3-6-18-11(10)13/h3,6,9H,2,4-5,7-8H2,1H3. The Hall–Kier alpha value is -1.04. The van der Waals surface area contributed by atoms with Crippen LogP contribution in [0.15, 0.2) is 16.7 Å². The van der Waals surface area contributed by atoms with E-state index in [1.54, 1.807) is 18.1 Å². The smallest absolute Gasteiger partial charge is 0.259 e. The van der Waals surface area contributed by atoms with Crippen molar-refractivity contribution < 1.29 is 18.7 Å². The van der Waals surface area contributed by atoms with Crippen molar-refractivity contribution >= 4 is 17.5 Å². The van der Waals surface area contributed by atoms with Crippen LogP contribution in [0.2, 0.25) is 5.22 Å². The summed E-state index contributed by atoms with van der Waals surface area (Å²) in [5, 5.41) is 0.126. The van der Waals surface area contributed by atoms with E-state index in [0.29, 0.717) is 31.9 Å². The molecule has 1 aromatic rings. The summed E-state index contributed by atoms with van der Waals surface area (Å²) in [7, 11) is 1.61. The quantitative estimate of drug-likeness (QED) is 0.821. The minimum absolute atomic E-state index is 0.0821. The highest BCUT2D eigenvalue weighted by Crippen LogP contribution is 2.22. The van der Waals surface area contributed by atoms with Gasteiger partial charge in [0.05, 0.1) is 31.1 Å². The van der Waals surface area contributed by atoms with Crippen molar-refractivity contribution in [1.82, 2.24) is 4.90 Å². The van der Waals surface area contributed by atoms with E-state index >= 15 is 0 Å². The van der Waals surface area contributed by atoms with E-state index in [1.165, 1.54) is 6.26 Å². The lowest BCUT2D eigenvalue weighted by molar-refractivity contribution is 0.0575. The molecule has 0 spiro atoms. The first kappa shape index (κ1) is 13.4. The highest BCUT2D eigenvalue weighted by Gasteiger charge is 2.29. The number of halogens is 1. The molecule has 1 aliphatic heterocycles. The molecule has 1 unspecified atom stereocenters. The molecule has 1 atom stereocenters. The summed E-state index contributed by atoms with van der Waals surface area (Å²) >= 11 is 5.84. The Morgan fingerprint density at radius 2 is 2.50 bits per heavy atom. The van der Waals surface area contributed by atoms with Crippen LogP contribution < -0.4 is 0 Å². The molecule has 0 radical (unpaired) electrons. The molecule has 1 aliphatic rings. The number of hydrogen-bond acceptors (Lipinski definition) is 4. The van der Waals surface area contributed by atoms with Crippen LogP contribution in [-0.2, 0) is 9.47 Å². The fraction of sp³-hybridized carbons (Fsp3) is 0.583. The van der Waals surface area contributed by atoms with E-state index in [0.717, 1.165) is 6.42 Å². The maximum absolute atomic E-state index is 12.4. The summed E-state index contributed by atoms with van der Waals surface area (Å²) in [6, 6.07) is 1.67. The minimum Gasteiger partial charge on any atom is -0.452 e. The van der Waals surface area contributed by atoms with E-state index in [1.807, 2.05) is 0 Å². The van der Waals surface area contributed by atoms with Crippen LogP contribution in [-0.4, -0.2) is 50.3 Å². The van der Waals surface area contributed by atoms with Crippen LogP contribution in [0.3, 0.4) is 0 Å². The number of carbonyl (C=O) groups excluding carboxylic acids is 1. The Kier molecular flexibility index (Phi) is 4.63. The SMILES string of the molecule is COCCN(C(=O)c1ccoc1Cl)C1CCOC1. The van der Waals surface area contributed by atoms with E-state index in [9.17, 15) is 4.79 Å². The van der Waals surface area contributed by atoms with Crippen molar-refractivity contribution in [2.24, 2.45) is 0 Å². The van der Waals surface area contributed by atoms with Crippen LogP contribution >= 0.6 is 11.6 Å². The Bertz CT molecular complexity index is 401. The van der Waals surface area contributed by atoms with Gasteiger partial charge < -0.3 is 18.8 Å². The van der Waals surface area contributed by atoms with Crippen LogP contribution in [0.5, 0.6) is 0 Å². The van der Waals surface area contributed by atoms with E-state index < -0.39 is 0 Å². The van der Waals surface area contributed by atoms with Gasteiger partial charge in [-0.05, 0) is 24.1 Å². The van der Waals surface area contributed by atoms with Crippen LogP contribution in [0.1, 0.15) is 16.8 Å². The van der Waals surface area contributed by atoms with E-state index in [-0.39, 0.29) is 17.2 Å². The molecule has 0 saturated carbocycles. The number of methoxy groups -OCH3 is 1. The van der Waals surface area contributed by atoms with Gasteiger partial charge in [0, 0.05) is 20.3 Å². The Balaban J connectivity index is 2.12. The van der Waals surface area contributed by atoms with Crippen molar-refractivity contribution in [3.63, 3.8) is 0 Å². The highest BCUT2D eigenvalue weighted by molar-refractivity contribution is 6.32. The van der Waals surface area contributed by atoms with Crippen molar-refractivity contribution in [3.8, 4) is 0 Å². The Morgan fingerprint density at radius 3 is 3.06 bits per heavy atom. The van der Waals surface area contributed by atoms with Crippen LogP contribution in [0.25, 0.3) is 0 Å². The van der Waals surface area contributed by atoms with Crippen molar-refractivity contribution in [3.05, 3.63) is 23.1 Å². The summed E-state index contributed by atoms with van der Waals surface area (Å²) < 4.78 is 15.3. The maximum atomic E-state index is 12.4. The number of carbonyl (C=O) groups is 1. The van der Waals surface area contributed by atoms with Crippen molar-refractivity contribution in [2.75, 3.05) is 33.5 Å². The number of ether oxygens (including phenoxy) is 2. The van der Waals surface area contributed by atoms with E-state index in [4.69, 9.17) is 25.5 Å². The zero-order valence-electron chi connectivity index (χ0n) is 10.2. The molecular formula is C12H16ClNO4. The maximum Gasteiger partial charge on any atom is 0.259 e. The topological polar surface area (TPSA) is 51.9 Å². The molecule has 1 saturated heterocycles. The number of hydrogen-bond donors (Lipinski definition) is 0. The largest absolute Gasteiger partial charge is 0.452 e. The highest BCUT2D eigenvalue weighted by atomic mass is 35.5. The van der Waals surface area contributed by atoms with Gasteiger partial charge in [-0.15, -0.1) is 0 Å². The normalized spacial score (nSPS) is 19.1. The van der Waals surface area contributed by atoms with Gasteiger partial charge in [0.1, 0.15) is 0 Å². The molecule has 0 aliphatic carbocycles. The fourth-order valence-corrected chi connectivity index (χ4v) is 2.20. The van der Waals surface area contributed by atoms with Crippen molar-refractivity contribution in [1.29, 1.82) is 0 Å². The van der Waals surface area contributed by atoms with E-state index in [2.05, 4.69) is 0 Å². The van der Waals surface area contributed by atoms with Gasteiger partial charge in [-0.3, -0.25) is 4.79 Å². The molecule has 1 fully saturated rings. The third-order valence-corrected chi connectivity index (χ3v) is 3.28. The van der Waals surface area contributed by atoms with Crippen molar-refractivity contribution in [2.45, 2.75) is 12.5 Å². The van der Waals surface area contributed by atoms with Gasteiger partial charge >= 0.3 is 0 Å². The first-order valence-corrected chi connectivity index (χ1v) is 6.22. The zero-order valence-corrected chi connectivity index (χ0v) is 11.0.